The Balaban J connectivity index is 0.762. The van der Waals surface area contributed by atoms with E-state index < -0.39 is 215 Å². The van der Waals surface area contributed by atoms with E-state index in [1.54, 1.807) is 0 Å². The van der Waals surface area contributed by atoms with Gasteiger partial charge in [-0.25, -0.2) is 0 Å². The zero-order chi connectivity index (χ0) is 67.7. The second-order valence-electron chi connectivity index (χ2n) is 31.0. The number of ether oxygens (including phenoxy) is 12. The first-order valence-electron chi connectivity index (χ1n) is 33.4. The number of fused-ring (bicyclic) bond motifs is 7. The average molecular weight is 1340 g/mol. The van der Waals surface area contributed by atoms with Gasteiger partial charge in [-0.05, 0) is 123 Å². The van der Waals surface area contributed by atoms with Gasteiger partial charge in [-0.15, -0.1) is 0 Å². The Morgan fingerprint density at radius 1 is 0.505 bits per heavy atom. The highest BCUT2D eigenvalue weighted by molar-refractivity contribution is 5.79. The Hall–Kier alpha value is -1.87. The molecule has 93 heavy (non-hydrogen) atoms. The van der Waals surface area contributed by atoms with Gasteiger partial charge >= 0.3 is 5.97 Å². The van der Waals surface area contributed by atoms with E-state index >= 15 is 4.79 Å². The summed E-state index contributed by atoms with van der Waals surface area (Å²) in [5, 5.41) is 174. The molecule has 36 atom stereocenters. The van der Waals surface area contributed by atoms with Crippen molar-refractivity contribution in [3.8, 4) is 0 Å². The molecule has 6 saturated heterocycles. The van der Waals surface area contributed by atoms with Gasteiger partial charge in [-0.2, -0.15) is 0 Å². The number of carbonyl (C=O) groups excluding carboxylic acids is 1. The first kappa shape index (κ1) is 72.4. The van der Waals surface area contributed by atoms with Crippen LogP contribution < -0.4 is 0 Å². The lowest BCUT2D eigenvalue weighted by molar-refractivity contribution is -0.378. The molecule has 29 heteroatoms. The summed E-state index contributed by atoms with van der Waals surface area (Å²) in [5.74, 6) is -0.598. The van der Waals surface area contributed by atoms with Crippen LogP contribution in [0.25, 0.3) is 0 Å². The van der Waals surface area contributed by atoms with Crippen LogP contribution in [0.4, 0.5) is 0 Å². The van der Waals surface area contributed by atoms with Crippen molar-refractivity contribution in [2.45, 2.75) is 305 Å². The van der Waals surface area contributed by atoms with E-state index in [1.165, 1.54) is 19.4 Å². The molecule has 534 valence electrons. The molecule has 6 aliphatic heterocycles. The second-order valence-corrected chi connectivity index (χ2v) is 31.0. The minimum Gasteiger partial charge on any atom is -0.432 e. The molecule has 0 spiro atoms. The SMILES string of the molecule is C[C@@H]1O[C@@H](O[C@H]2[C@H](O[C@H]3CC[C@]4(C)[C@H]5CC=C6[C@@H]7CC(C)(C)CC[C@]7(C(=O)O[C@@H]7O[C@H](CO[C@@H]8O[C@H](CO)[C@@H](O[C@@H]9O[C@@H](C)[C@@H](O)[C@@H](O)[C@H]9O)[C@H](O)[C@H]8O)[C@@H](O)[C@H](O)[C@H]7O)CC[C@@]6(C)[C@]5(C)CC[C@H]4C3(C)C)OC[C@H](O)[C@@H]2O)[C@H](O)[C@H](O[C@@H]2OC[C@@H](O)[C@H](O)[C@H]2O)[C@H]1O. The minimum absolute atomic E-state index is 0.113. The zero-order valence-electron chi connectivity index (χ0n) is 54.4. The molecule has 29 nitrogen and oxygen atoms in total. The summed E-state index contributed by atoms with van der Waals surface area (Å²) in [6.07, 6.45) is -35.6. The molecule has 10 fully saturated rings. The molecule has 5 aliphatic carbocycles. The van der Waals surface area contributed by atoms with E-state index in [4.69, 9.17) is 56.8 Å². The molecule has 6 heterocycles. The molecule has 0 radical (unpaired) electrons. The number of allylic oxidation sites excluding steroid dienone is 2. The fraction of sp³-hybridized carbons (Fsp3) is 0.953. The summed E-state index contributed by atoms with van der Waals surface area (Å²) in [7, 11) is 0. The lowest BCUT2D eigenvalue weighted by Gasteiger charge is -2.71. The van der Waals surface area contributed by atoms with Gasteiger partial charge in [-0.3, -0.25) is 4.79 Å². The van der Waals surface area contributed by atoms with E-state index in [0.29, 0.717) is 38.5 Å². The summed E-state index contributed by atoms with van der Waals surface area (Å²) in [4.78, 5) is 15.3. The van der Waals surface area contributed by atoms with Crippen LogP contribution in [0, 0.1) is 50.2 Å². The van der Waals surface area contributed by atoms with Crippen molar-refractivity contribution in [2.75, 3.05) is 26.4 Å². The average Bonchev–Trinajstić information content (AvgIpc) is 0.676. The number of hydrogen-bond acceptors (Lipinski definition) is 29. The van der Waals surface area contributed by atoms with Gasteiger partial charge in [0, 0.05) is 0 Å². The van der Waals surface area contributed by atoms with Crippen molar-refractivity contribution in [1.82, 2.24) is 0 Å². The largest absolute Gasteiger partial charge is 0.432 e. The maximum Gasteiger partial charge on any atom is 0.315 e. The van der Waals surface area contributed by atoms with Crippen molar-refractivity contribution in [1.29, 1.82) is 0 Å². The Kier molecular flexibility index (Phi) is 20.9. The highest BCUT2D eigenvalue weighted by atomic mass is 16.8. The molecule has 4 saturated carbocycles. The van der Waals surface area contributed by atoms with E-state index in [1.807, 2.05) is 0 Å². The predicted molar refractivity (Wildman–Crippen MR) is 313 cm³/mol. The third-order valence-electron chi connectivity index (χ3n) is 24.8. The van der Waals surface area contributed by atoms with Gasteiger partial charge < -0.3 is 139 Å². The lowest BCUT2D eigenvalue weighted by atomic mass is 9.33. The fourth-order valence-electron chi connectivity index (χ4n) is 18.7. The second kappa shape index (κ2) is 26.9. The molecule has 0 aromatic heterocycles. The van der Waals surface area contributed by atoms with Crippen molar-refractivity contribution in [3.63, 3.8) is 0 Å². The normalized spacial score (nSPS) is 54.7. The van der Waals surface area contributed by atoms with E-state index in [2.05, 4.69) is 54.5 Å². The number of rotatable bonds is 14. The first-order chi connectivity index (χ1) is 43.5. The number of hydrogen-bond donors (Lipinski definition) is 16. The summed E-state index contributed by atoms with van der Waals surface area (Å²) < 4.78 is 71.5. The van der Waals surface area contributed by atoms with Crippen LogP contribution in [0.5, 0.6) is 0 Å². The maximum absolute atomic E-state index is 15.3. The van der Waals surface area contributed by atoms with E-state index in [-0.39, 0.29) is 46.0 Å². The Morgan fingerprint density at radius 3 is 1.76 bits per heavy atom. The molecule has 0 aromatic rings. The van der Waals surface area contributed by atoms with Crippen LogP contribution in [0.3, 0.4) is 0 Å². The summed E-state index contributed by atoms with van der Waals surface area (Å²) in [6.45, 7) is 16.7. The molecule has 11 aliphatic rings. The van der Waals surface area contributed by atoms with Crippen LogP contribution in [-0.2, 0) is 61.6 Å². The molecule has 0 unspecified atom stereocenters. The van der Waals surface area contributed by atoms with E-state index in [9.17, 15) is 81.7 Å². The first-order valence-corrected chi connectivity index (χ1v) is 33.4. The monoisotopic (exact) mass is 1340 g/mol. The van der Waals surface area contributed by atoms with Crippen LogP contribution in [-0.4, -0.2) is 292 Å². The zero-order valence-corrected chi connectivity index (χ0v) is 54.4. The molecular formula is C64H104O29. The lowest BCUT2D eigenvalue weighted by Crippen LogP contribution is -2.66. The predicted octanol–water partition coefficient (Wildman–Crippen LogP) is -3.05. The molecule has 0 amide bonds. The van der Waals surface area contributed by atoms with Gasteiger partial charge in [0.05, 0.1) is 50.2 Å². The number of aliphatic hydroxyl groups excluding tert-OH is 16. The number of aliphatic hydroxyl groups is 16. The third-order valence-corrected chi connectivity index (χ3v) is 24.8. The quantitative estimate of drug-likeness (QED) is 0.0467. The number of esters is 1. The van der Waals surface area contributed by atoms with Crippen molar-refractivity contribution >= 4 is 5.97 Å². The molecule has 16 N–H and O–H groups in total. The van der Waals surface area contributed by atoms with Crippen molar-refractivity contribution < 1.29 is 143 Å². The van der Waals surface area contributed by atoms with Crippen LogP contribution in [0.1, 0.15) is 127 Å². The summed E-state index contributed by atoms with van der Waals surface area (Å²) >= 11 is 0. The summed E-state index contributed by atoms with van der Waals surface area (Å²) in [6, 6.07) is 0. The van der Waals surface area contributed by atoms with Gasteiger partial charge in [0.2, 0.25) is 6.29 Å². The molecule has 11 rings (SSSR count). The van der Waals surface area contributed by atoms with Gasteiger partial charge in [0.1, 0.15) is 122 Å². The van der Waals surface area contributed by atoms with Crippen LogP contribution >= 0.6 is 0 Å². The van der Waals surface area contributed by atoms with E-state index in [0.717, 1.165) is 25.7 Å². The highest BCUT2D eigenvalue weighted by Gasteiger charge is 2.70. The van der Waals surface area contributed by atoms with Crippen LogP contribution in [0.2, 0.25) is 0 Å². The van der Waals surface area contributed by atoms with Crippen molar-refractivity contribution in [2.24, 2.45) is 50.2 Å². The Labute approximate surface area is 540 Å². The Morgan fingerprint density at radius 2 is 1.08 bits per heavy atom. The van der Waals surface area contributed by atoms with Crippen LogP contribution in [0.15, 0.2) is 11.6 Å². The Bertz CT molecular complexity index is 2620. The summed E-state index contributed by atoms with van der Waals surface area (Å²) in [5.41, 5.74) is -1.40. The van der Waals surface area contributed by atoms with Gasteiger partial charge in [-0.1, -0.05) is 60.1 Å². The highest BCUT2D eigenvalue weighted by Crippen LogP contribution is 2.76. The van der Waals surface area contributed by atoms with Gasteiger partial charge in [0.25, 0.3) is 0 Å². The molecule has 0 bridgehead atoms. The topological polar surface area (TPSA) is 452 Å². The van der Waals surface area contributed by atoms with Crippen molar-refractivity contribution in [3.05, 3.63) is 11.6 Å². The third kappa shape index (κ3) is 12.6. The van der Waals surface area contributed by atoms with Gasteiger partial charge in [0.15, 0.2) is 31.5 Å². The smallest absolute Gasteiger partial charge is 0.315 e. The maximum atomic E-state index is 15.3. The molecular weight excluding hydrogens is 1230 g/mol. The minimum atomic E-state index is -1.90. The standard InChI is InChI=1S/C64H104O29/c1-25-36(68)41(73)45(77)54(85-25)90-49-31(21-65)87-52(47(79)43(49)75)84-24-32-40(72)42(74)46(78)55(88-32)93-58(81)64-18-16-59(3,4)20-28(64)27-10-11-34-61(7)14-13-35(60(5,6)33(61)12-15-63(34,9)62(27,8)17-19-64)89-57-51(39(71)30(67)23-83-57)92-56-48(80)50(37(69)26(2)86-56)91-53-44(76)38(70)29(66)22-82-53/h10,25-26,28-57,65-80H,11-24H2,1-9H3/t25-,26-,28-,29+,30-,31+,32+,33-,34+,35-,36+,37-,38-,39-,40+,41+,42-,43+,44+,45+,46+,47+,48+,49+,50+,51+,52+,53-,54-,55-,56-,57-,61-,62+,63+,64-/m0/s1. The molecule has 0 aromatic carbocycles. The fourth-order valence-corrected chi connectivity index (χ4v) is 18.7. The number of carbonyl (C=O) groups is 1.